The molecule has 1 unspecified atom stereocenters. The first kappa shape index (κ1) is 9.40. The van der Waals surface area contributed by atoms with Gasteiger partial charge in [0.25, 0.3) is 0 Å². The maximum atomic E-state index is 5.30. The Labute approximate surface area is 74.8 Å². The molecule has 0 aliphatic rings. The van der Waals surface area contributed by atoms with Gasteiger partial charge in [-0.15, -0.1) is 0 Å². The third-order valence-corrected chi connectivity index (χ3v) is 4.40. The van der Waals surface area contributed by atoms with E-state index in [9.17, 15) is 0 Å². The molecule has 0 bridgehead atoms. The van der Waals surface area contributed by atoms with Crippen LogP contribution in [0.15, 0.2) is 0 Å². The van der Waals surface area contributed by atoms with Crippen molar-refractivity contribution in [2.75, 3.05) is 6.54 Å². The monoisotopic (exact) mass is 307 g/mol. The van der Waals surface area contributed by atoms with Crippen molar-refractivity contribution in [1.29, 1.82) is 0 Å². The van der Waals surface area contributed by atoms with Crippen molar-refractivity contribution < 1.29 is 0 Å². The summed E-state index contributed by atoms with van der Waals surface area (Å²) in [6.45, 7) is 0.726. The highest BCUT2D eigenvalue weighted by Crippen LogP contribution is 2.21. The molecule has 4 heteroatoms. The van der Waals surface area contributed by atoms with Gasteiger partial charge in [0.2, 0.25) is 0 Å². The molecule has 0 saturated carbocycles. The average Bonchev–Trinajstić information content (AvgIpc) is 1.67. The van der Waals surface area contributed by atoms with Gasteiger partial charge in [0.05, 0.1) is 3.74 Å². The first-order chi connectivity index (χ1) is 3.68. The fourth-order valence-corrected chi connectivity index (χ4v) is 1.08. The van der Waals surface area contributed by atoms with E-state index in [1.165, 1.54) is 0 Å². The summed E-state index contributed by atoms with van der Waals surface area (Å²) < 4.78 is 0.332. The summed E-state index contributed by atoms with van der Waals surface area (Å²) in [6.07, 6.45) is 0.987. The molecule has 50 valence electrons. The Morgan fingerprint density at radius 3 is 1.88 bits per heavy atom. The van der Waals surface area contributed by atoms with Crippen LogP contribution in [-0.4, -0.2) is 15.1 Å². The molecular weight excluding hydrogens is 302 g/mol. The van der Waals surface area contributed by atoms with Crippen molar-refractivity contribution >= 4 is 47.8 Å². The van der Waals surface area contributed by atoms with Crippen LogP contribution in [0.3, 0.4) is 0 Å². The molecule has 0 aromatic heterocycles. The number of rotatable bonds is 3. The van der Waals surface area contributed by atoms with Crippen molar-refractivity contribution in [3.8, 4) is 0 Å². The molecule has 0 aromatic carbocycles. The van der Waals surface area contributed by atoms with E-state index >= 15 is 0 Å². The molecule has 1 atom stereocenters. The van der Waals surface area contributed by atoms with Gasteiger partial charge in [-0.2, -0.15) is 0 Å². The summed E-state index contributed by atoms with van der Waals surface area (Å²) in [6, 6.07) is 0. The zero-order chi connectivity index (χ0) is 6.57. The zero-order valence-corrected chi connectivity index (χ0v) is 9.04. The van der Waals surface area contributed by atoms with Gasteiger partial charge in [-0.25, -0.2) is 0 Å². The SMILES string of the molecule is NCCC(Br)C(Br)Br. The molecule has 0 rings (SSSR count). The van der Waals surface area contributed by atoms with Crippen LogP contribution >= 0.6 is 47.8 Å². The highest BCUT2D eigenvalue weighted by Gasteiger charge is 2.09. The van der Waals surface area contributed by atoms with Crippen molar-refractivity contribution in [2.45, 2.75) is 15.0 Å². The number of nitrogens with two attached hydrogens (primary N) is 1. The Balaban J connectivity index is 3.17. The summed E-state index contributed by atoms with van der Waals surface area (Å²) in [5.74, 6) is 0. The lowest BCUT2D eigenvalue weighted by molar-refractivity contribution is 0.832. The highest BCUT2D eigenvalue weighted by molar-refractivity contribution is 9.25. The second-order valence-corrected chi connectivity index (χ2v) is 5.81. The van der Waals surface area contributed by atoms with E-state index < -0.39 is 0 Å². The van der Waals surface area contributed by atoms with Gasteiger partial charge in [0.15, 0.2) is 0 Å². The first-order valence-corrected chi connectivity index (χ1v) is 5.05. The number of halogens is 3. The quantitative estimate of drug-likeness (QED) is 0.795. The molecule has 0 amide bonds. The van der Waals surface area contributed by atoms with Crippen LogP contribution in [0, 0.1) is 0 Å². The van der Waals surface area contributed by atoms with E-state index in [0.29, 0.717) is 8.56 Å². The van der Waals surface area contributed by atoms with Crippen molar-refractivity contribution in [3.63, 3.8) is 0 Å². The van der Waals surface area contributed by atoms with Gasteiger partial charge in [-0.3, -0.25) is 0 Å². The molecule has 0 aromatic rings. The summed E-state index contributed by atoms with van der Waals surface area (Å²) >= 11 is 10.1. The molecule has 2 N–H and O–H groups in total. The number of alkyl halides is 3. The Hall–Kier alpha value is 1.40. The minimum absolute atomic E-state index is 0.332. The van der Waals surface area contributed by atoms with Crippen LogP contribution in [0.1, 0.15) is 6.42 Å². The first-order valence-electron chi connectivity index (χ1n) is 2.30. The van der Waals surface area contributed by atoms with Gasteiger partial charge in [-0.05, 0) is 13.0 Å². The highest BCUT2D eigenvalue weighted by atomic mass is 79.9. The second-order valence-electron chi connectivity index (χ2n) is 1.43. The number of hydrogen-bond acceptors (Lipinski definition) is 1. The van der Waals surface area contributed by atoms with Gasteiger partial charge < -0.3 is 5.73 Å². The van der Waals surface area contributed by atoms with E-state index in [0.717, 1.165) is 13.0 Å². The van der Waals surface area contributed by atoms with Crippen LogP contribution in [0.25, 0.3) is 0 Å². The Bertz CT molecular complexity index is 57.2. The smallest absolute Gasteiger partial charge is 0.0822 e. The summed E-state index contributed by atoms with van der Waals surface area (Å²) in [5, 5.41) is 0. The van der Waals surface area contributed by atoms with Crippen LogP contribution in [-0.2, 0) is 0 Å². The topological polar surface area (TPSA) is 26.0 Å². The zero-order valence-electron chi connectivity index (χ0n) is 4.28. The van der Waals surface area contributed by atoms with Crippen molar-refractivity contribution in [3.05, 3.63) is 0 Å². The van der Waals surface area contributed by atoms with Crippen molar-refractivity contribution in [1.82, 2.24) is 0 Å². The minimum atomic E-state index is 0.332. The van der Waals surface area contributed by atoms with Gasteiger partial charge in [-0.1, -0.05) is 47.8 Å². The Morgan fingerprint density at radius 1 is 1.25 bits per heavy atom. The molecule has 0 aliphatic heterocycles. The van der Waals surface area contributed by atoms with Crippen LogP contribution in [0.2, 0.25) is 0 Å². The average molecular weight is 310 g/mol. The maximum Gasteiger partial charge on any atom is 0.0822 e. The summed E-state index contributed by atoms with van der Waals surface area (Å²) in [5.41, 5.74) is 5.30. The maximum absolute atomic E-state index is 5.30. The lowest BCUT2D eigenvalue weighted by Crippen LogP contribution is -2.12. The van der Waals surface area contributed by atoms with Crippen molar-refractivity contribution in [2.24, 2.45) is 5.73 Å². The predicted octanol–water partition coefficient (Wildman–Crippen LogP) is 2.21. The van der Waals surface area contributed by atoms with Crippen LogP contribution in [0.5, 0.6) is 0 Å². The lowest BCUT2D eigenvalue weighted by Gasteiger charge is -2.07. The summed E-state index contributed by atoms with van der Waals surface area (Å²) in [7, 11) is 0. The molecule has 0 fully saturated rings. The third kappa shape index (κ3) is 4.30. The molecule has 0 heterocycles. The molecule has 0 radical (unpaired) electrons. The largest absolute Gasteiger partial charge is 0.330 e. The molecule has 0 spiro atoms. The fraction of sp³-hybridized carbons (Fsp3) is 1.00. The van der Waals surface area contributed by atoms with E-state index in [2.05, 4.69) is 47.8 Å². The van der Waals surface area contributed by atoms with E-state index in [-0.39, 0.29) is 0 Å². The molecular formula is C4H8Br3N. The van der Waals surface area contributed by atoms with Gasteiger partial charge in [0, 0.05) is 4.83 Å². The second kappa shape index (κ2) is 5.21. The molecule has 8 heavy (non-hydrogen) atoms. The van der Waals surface area contributed by atoms with E-state index in [1.807, 2.05) is 0 Å². The lowest BCUT2D eigenvalue weighted by atomic mass is 10.3. The minimum Gasteiger partial charge on any atom is -0.330 e. The Morgan fingerprint density at radius 2 is 1.75 bits per heavy atom. The summed E-state index contributed by atoms with van der Waals surface area (Å²) in [4.78, 5) is 0.437. The number of hydrogen-bond donors (Lipinski definition) is 1. The normalized spacial score (nSPS) is 14.6. The third-order valence-electron chi connectivity index (χ3n) is 0.716. The van der Waals surface area contributed by atoms with E-state index in [1.54, 1.807) is 0 Å². The molecule has 1 nitrogen and oxygen atoms in total. The van der Waals surface area contributed by atoms with Crippen LogP contribution in [0.4, 0.5) is 0 Å². The standard InChI is InChI=1S/C4H8Br3N/c5-3(1-2-8)4(6)7/h3-4H,1-2,8H2. The fourth-order valence-electron chi connectivity index (χ4n) is 0.285. The van der Waals surface area contributed by atoms with Gasteiger partial charge in [0.1, 0.15) is 0 Å². The molecule has 0 saturated heterocycles. The Kier molecular flexibility index (Phi) is 6.12. The predicted molar refractivity (Wildman–Crippen MR) is 48.0 cm³/mol. The van der Waals surface area contributed by atoms with E-state index in [4.69, 9.17) is 5.73 Å². The molecule has 0 aliphatic carbocycles. The van der Waals surface area contributed by atoms with Crippen LogP contribution < -0.4 is 5.73 Å². The van der Waals surface area contributed by atoms with Gasteiger partial charge >= 0.3 is 0 Å².